The second-order valence-corrected chi connectivity index (χ2v) is 3.79. The second kappa shape index (κ2) is 3.66. The van der Waals surface area contributed by atoms with E-state index in [1.54, 1.807) is 29.8 Å². The van der Waals surface area contributed by atoms with Crippen molar-refractivity contribution in [1.82, 2.24) is 9.55 Å². The summed E-state index contributed by atoms with van der Waals surface area (Å²) in [6, 6.07) is 5.26. The minimum Gasteiger partial charge on any atom is -0.299 e. The minimum absolute atomic E-state index is 0.0423. The summed E-state index contributed by atoms with van der Waals surface area (Å²) in [4.78, 5) is 16.3. The molecule has 0 amide bonds. The average molecular weight is 223 g/mol. The fourth-order valence-corrected chi connectivity index (χ4v) is 1.84. The summed E-state index contributed by atoms with van der Waals surface area (Å²) in [7, 11) is 1.73. The average Bonchev–Trinajstić information content (AvgIpc) is 2.24. The van der Waals surface area contributed by atoms with Crippen LogP contribution in [0.25, 0.3) is 10.9 Å². The second-order valence-electron chi connectivity index (χ2n) is 3.38. The van der Waals surface area contributed by atoms with E-state index < -0.39 is 0 Å². The molecule has 0 fully saturated rings. The fraction of sp³-hybridized carbons (Fsp3) is 0.273. The maximum Gasteiger partial charge on any atom is 0.261 e. The molecule has 1 heterocycles. The first-order valence-corrected chi connectivity index (χ1v) is 5.17. The van der Waals surface area contributed by atoms with Crippen molar-refractivity contribution >= 4 is 22.5 Å². The quantitative estimate of drug-likeness (QED) is 0.741. The summed E-state index contributed by atoms with van der Waals surface area (Å²) in [6.07, 6.45) is 0.715. The number of halogens is 1. The predicted octanol–water partition coefficient (Wildman–Crippen LogP) is 2.15. The molecule has 2 aromatic rings. The molecule has 0 spiro atoms. The number of para-hydroxylation sites is 1. The molecule has 0 unspecified atom stereocenters. The number of hydrogen-bond acceptors (Lipinski definition) is 2. The van der Waals surface area contributed by atoms with Crippen molar-refractivity contribution < 1.29 is 0 Å². The molecule has 0 saturated carbocycles. The Hall–Kier alpha value is -1.35. The number of nitrogens with zero attached hydrogens (tertiary/aromatic N) is 2. The maximum absolute atomic E-state index is 11.9. The van der Waals surface area contributed by atoms with Gasteiger partial charge >= 0.3 is 0 Å². The maximum atomic E-state index is 11.9. The number of hydrogen-bond donors (Lipinski definition) is 0. The summed E-state index contributed by atoms with van der Waals surface area (Å²) in [5.74, 6) is 0.751. The van der Waals surface area contributed by atoms with Crippen LogP contribution in [0.3, 0.4) is 0 Å². The summed E-state index contributed by atoms with van der Waals surface area (Å²) >= 11 is 6.00. The highest BCUT2D eigenvalue weighted by molar-refractivity contribution is 6.34. The normalized spacial score (nSPS) is 10.9. The number of aryl methyl sites for hydroxylation is 1. The molecule has 0 saturated heterocycles. The molecule has 0 bridgehead atoms. The van der Waals surface area contributed by atoms with E-state index in [4.69, 9.17) is 11.6 Å². The van der Waals surface area contributed by atoms with Crippen LogP contribution in [0.15, 0.2) is 23.0 Å². The van der Waals surface area contributed by atoms with Crippen LogP contribution in [0.4, 0.5) is 0 Å². The fourth-order valence-electron chi connectivity index (χ4n) is 1.62. The highest BCUT2D eigenvalue weighted by Gasteiger charge is 2.08. The zero-order valence-corrected chi connectivity index (χ0v) is 9.38. The van der Waals surface area contributed by atoms with Gasteiger partial charge in [-0.1, -0.05) is 24.6 Å². The smallest absolute Gasteiger partial charge is 0.261 e. The highest BCUT2D eigenvalue weighted by atomic mass is 35.5. The van der Waals surface area contributed by atoms with E-state index in [0.717, 1.165) is 5.82 Å². The predicted molar refractivity (Wildman–Crippen MR) is 61.4 cm³/mol. The van der Waals surface area contributed by atoms with Crippen LogP contribution in [0.1, 0.15) is 12.7 Å². The molecule has 0 aliphatic carbocycles. The first-order chi connectivity index (χ1) is 7.15. The monoisotopic (exact) mass is 222 g/mol. The zero-order valence-electron chi connectivity index (χ0n) is 8.62. The SMILES string of the molecule is CCc1nc2c(Cl)cccc2c(=O)n1C. The van der Waals surface area contributed by atoms with Crippen LogP contribution in [0, 0.1) is 0 Å². The summed E-state index contributed by atoms with van der Waals surface area (Å²) in [5.41, 5.74) is 0.554. The van der Waals surface area contributed by atoms with Crippen molar-refractivity contribution in [3.63, 3.8) is 0 Å². The molecule has 1 aromatic heterocycles. The van der Waals surface area contributed by atoms with E-state index in [1.807, 2.05) is 6.92 Å². The van der Waals surface area contributed by atoms with Gasteiger partial charge in [0.1, 0.15) is 5.82 Å². The van der Waals surface area contributed by atoms with Crippen molar-refractivity contribution in [2.24, 2.45) is 7.05 Å². The molecule has 0 atom stereocenters. The molecular weight excluding hydrogens is 212 g/mol. The van der Waals surface area contributed by atoms with Gasteiger partial charge in [0.2, 0.25) is 0 Å². The van der Waals surface area contributed by atoms with Gasteiger partial charge in [-0.3, -0.25) is 9.36 Å². The van der Waals surface area contributed by atoms with Gasteiger partial charge < -0.3 is 0 Å². The lowest BCUT2D eigenvalue weighted by Crippen LogP contribution is -2.22. The van der Waals surface area contributed by atoms with Crippen molar-refractivity contribution in [3.8, 4) is 0 Å². The van der Waals surface area contributed by atoms with Gasteiger partial charge in [-0.05, 0) is 12.1 Å². The summed E-state index contributed by atoms with van der Waals surface area (Å²) < 4.78 is 1.57. The molecule has 78 valence electrons. The Morgan fingerprint density at radius 1 is 1.47 bits per heavy atom. The number of benzene rings is 1. The Labute approximate surface area is 92.3 Å². The number of aromatic nitrogens is 2. The third-order valence-electron chi connectivity index (χ3n) is 2.47. The Kier molecular flexibility index (Phi) is 2.49. The van der Waals surface area contributed by atoms with Crippen molar-refractivity contribution in [1.29, 1.82) is 0 Å². The van der Waals surface area contributed by atoms with Crippen LogP contribution >= 0.6 is 11.6 Å². The molecule has 1 aromatic carbocycles. The zero-order chi connectivity index (χ0) is 11.0. The van der Waals surface area contributed by atoms with Crippen LogP contribution in [-0.2, 0) is 13.5 Å². The molecule has 0 aliphatic rings. The minimum atomic E-state index is -0.0423. The van der Waals surface area contributed by atoms with Gasteiger partial charge in [0.05, 0.1) is 15.9 Å². The summed E-state index contributed by atoms with van der Waals surface area (Å²) in [5, 5.41) is 1.10. The molecule has 4 heteroatoms. The molecule has 15 heavy (non-hydrogen) atoms. The van der Waals surface area contributed by atoms with Crippen LogP contribution in [0.2, 0.25) is 5.02 Å². The number of fused-ring (bicyclic) bond motifs is 1. The Balaban J connectivity index is 2.98. The number of rotatable bonds is 1. The van der Waals surface area contributed by atoms with Gasteiger partial charge in [0.25, 0.3) is 5.56 Å². The first kappa shape index (κ1) is 10.2. The Morgan fingerprint density at radius 3 is 2.87 bits per heavy atom. The third kappa shape index (κ3) is 1.53. The lowest BCUT2D eigenvalue weighted by molar-refractivity contribution is 0.752. The van der Waals surface area contributed by atoms with Crippen LogP contribution in [-0.4, -0.2) is 9.55 Å². The van der Waals surface area contributed by atoms with Crippen molar-refractivity contribution in [2.45, 2.75) is 13.3 Å². The van der Waals surface area contributed by atoms with Crippen molar-refractivity contribution in [3.05, 3.63) is 39.4 Å². The van der Waals surface area contributed by atoms with E-state index in [1.165, 1.54) is 0 Å². The Morgan fingerprint density at radius 2 is 2.20 bits per heavy atom. The molecule has 0 radical (unpaired) electrons. The molecule has 3 nitrogen and oxygen atoms in total. The van der Waals surface area contributed by atoms with E-state index in [9.17, 15) is 4.79 Å². The molecule has 0 aliphatic heterocycles. The van der Waals surface area contributed by atoms with E-state index >= 15 is 0 Å². The Bertz CT molecular complexity index is 575. The highest BCUT2D eigenvalue weighted by Crippen LogP contribution is 2.18. The molecule has 2 rings (SSSR count). The van der Waals surface area contributed by atoms with Crippen LogP contribution in [0.5, 0.6) is 0 Å². The van der Waals surface area contributed by atoms with Gasteiger partial charge in [-0.15, -0.1) is 0 Å². The molecular formula is C11H11ClN2O. The molecule has 0 N–H and O–H groups in total. The van der Waals surface area contributed by atoms with Gasteiger partial charge in [-0.2, -0.15) is 0 Å². The lowest BCUT2D eigenvalue weighted by atomic mass is 10.2. The van der Waals surface area contributed by atoms with Gasteiger partial charge in [-0.25, -0.2) is 4.98 Å². The lowest BCUT2D eigenvalue weighted by Gasteiger charge is -2.07. The van der Waals surface area contributed by atoms with Crippen LogP contribution < -0.4 is 5.56 Å². The van der Waals surface area contributed by atoms with E-state index in [2.05, 4.69) is 4.98 Å². The van der Waals surface area contributed by atoms with E-state index in [-0.39, 0.29) is 5.56 Å². The van der Waals surface area contributed by atoms with Gasteiger partial charge in [0.15, 0.2) is 0 Å². The van der Waals surface area contributed by atoms with Gasteiger partial charge in [0, 0.05) is 13.5 Å². The first-order valence-electron chi connectivity index (χ1n) is 4.79. The topological polar surface area (TPSA) is 34.9 Å². The third-order valence-corrected chi connectivity index (χ3v) is 2.77. The standard InChI is InChI=1S/C11H11ClN2O/c1-3-9-13-10-7(11(15)14(9)2)5-4-6-8(10)12/h4-6H,3H2,1-2H3. The van der Waals surface area contributed by atoms with Crippen molar-refractivity contribution in [2.75, 3.05) is 0 Å². The van der Waals surface area contributed by atoms with E-state index in [0.29, 0.717) is 22.3 Å². The largest absolute Gasteiger partial charge is 0.299 e. The summed E-state index contributed by atoms with van der Waals surface area (Å²) in [6.45, 7) is 1.96.